The average Bonchev–Trinajstić information content (AvgIpc) is 3.16. The molecular formula is C24H37N5O3S. The van der Waals surface area contributed by atoms with Gasteiger partial charge in [-0.15, -0.1) is 0 Å². The monoisotopic (exact) mass is 475 g/mol. The minimum Gasteiger partial charge on any atom is -0.340 e. The molecule has 2 aliphatic rings. The van der Waals surface area contributed by atoms with Crippen LogP contribution in [0.15, 0.2) is 23.1 Å². The molecule has 0 bridgehead atoms. The topological polar surface area (TPSA) is 78.8 Å². The first kappa shape index (κ1) is 24.2. The van der Waals surface area contributed by atoms with Gasteiger partial charge < -0.3 is 9.47 Å². The van der Waals surface area contributed by atoms with Gasteiger partial charge in [0.15, 0.2) is 0 Å². The van der Waals surface area contributed by atoms with E-state index in [1.807, 2.05) is 6.07 Å². The maximum Gasteiger partial charge on any atom is 0.242 e. The lowest BCUT2D eigenvalue weighted by Gasteiger charge is -2.37. The minimum absolute atomic E-state index is 0.228. The number of fused-ring (bicyclic) bond motifs is 1. The van der Waals surface area contributed by atoms with E-state index in [0.717, 1.165) is 63.3 Å². The second-order valence-electron chi connectivity index (χ2n) is 9.55. The van der Waals surface area contributed by atoms with Gasteiger partial charge in [0.05, 0.1) is 22.5 Å². The number of carbonyl (C=O) groups excluding carboxylic acids is 1. The Labute approximate surface area is 197 Å². The predicted octanol–water partition coefficient (Wildman–Crippen LogP) is 2.92. The van der Waals surface area contributed by atoms with E-state index in [2.05, 4.69) is 21.3 Å². The lowest BCUT2D eigenvalue weighted by atomic mass is 9.88. The molecule has 2 fully saturated rings. The Kier molecular flexibility index (Phi) is 7.40. The average molecular weight is 476 g/mol. The van der Waals surface area contributed by atoms with Crippen LogP contribution in [0.25, 0.3) is 11.0 Å². The summed E-state index contributed by atoms with van der Waals surface area (Å²) in [7, 11) is -0.417. The molecule has 182 valence electrons. The summed E-state index contributed by atoms with van der Waals surface area (Å²) >= 11 is 0. The van der Waals surface area contributed by atoms with E-state index in [1.165, 1.54) is 23.6 Å². The largest absolute Gasteiger partial charge is 0.340 e. The third kappa shape index (κ3) is 5.10. The van der Waals surface area contributed by atoms with Crippen LogP contribution in [0, 0.1) is 5.92 Å². The van der Waals surface area contributed by atoms with E-state index in [9.17, 15) is 13.2 Å². The van der Waals surface area contributed by atoms with Crippen LogP contribution in [0.4, 0.5) is 0 Å². The fourth-order valence-electron chi connectivity index (χ4n) is 5.06. The first-order valence-electron chi connectivity index (χ1n) is 12.2. The van der Waals surface area contributed by atoms with Crippen LogP contribution in [0.3, 0.4) is 0 Å². The van der Waals surface area contributed by atoms with Crippen molar-refractivity contribution < 1.29 is 13.2 Å². The lowest BCUT2D eigenvalue weighted by Crippen LogP contribution is -2.50. The maximum atomic E-state index is 12.9. The molecular weight excluding hydrogens is 438 g/mol. The highest BCUT2D eigenvalue weighted by atomic mass is 32.2. The number of nitrogens with zero attached hydrogens (tertiary/aromatic N) is 5. The van der Waals surface area contributed by atoms with E-state index in [1.54, 1.807) is 26.2 Å². The van der Waals surface area contributed by atoms with Gasteiger partial charge in [-0.1, -0.05) is 26.2 Å². The van der Waals surface area contributed by atoms with Crippen molar-refractivity contribution in [3.63, 3.8) is 0 Å². The van der Waals surface area contributed by atoms with Gasteiger partial charge in [-0.25, -0.2) is 17.7 Å². The zero-order valence-electron chi connectivity index (χ0n) is 20.2. The zero-order valence-corrected chi connectivity index (χ0v) is 21.0. The summed E-state index contributed by atoms with van der Waals surface area (Å²) in [5.74, 6) is 1.53. The lowest BCUT2D eigenvalue weighted by molar-refractivity contribution is -0.138. The quantitative estimate of drug-likeness (QED) is 0.615. The van der Waals surface area contributed by atoms with Crippen LogP contribution in [0.1, 0.15) is 51.3 Å². The number of amides is 1. The van der Waals surface area contributed by atoms with Crippen LogP contribution < -0.4 is 0 Å². The normalized spacial score (nSPS) is 19.0. The van der Waals surface area contributed by atoms with Crippen molar-refractivity contribution >= 4 is 27.0 Å². The molecule has 1 saturated carbocycles. The Morgan fingerprint density at radius 3 is 2.42 bits per heavy atom. The van der Waals surface area contributed by atoms with Crippen molar-refractivity contribution in [2.45, 2.75) is 63.4 Å². The molecule has 4 rings (SSSR count). The van der Waals surface area contributed by atoms with Crippen LogP contribution in [0.5, 0.6) is 0 Å². The van der Waals surface area contributed by atoms with Crippen LogP contribution in [0.2, 0.25) is 0 Å². The molecule has 1 saturated heterocycles. The molecule has 1 aliphatic carbocycles. The Morgan fingerprint density at radius 1 is 1.09 bits per heavy atom. The number of aryl methyl sites for hydroxylation is 1. The number of hydrogen-bond acceptors (Lipinski definition) is 5. The van der Waals surface area contributed by atoms with E-state index in [-0.39, 0.29) is 10.8 Å². The first-order valence-corrected chi connectivity index (χ1v) is 13.7. The van der Waals surface area contributed by atoms with E-state index in [4.69, 9.17) is 4.98 Å². The van der Waals surface area contributed by atoms with Crippen LogP contribution in [-0.2, 0) is 27.9 Å². The number of aromatic nitrogens is 2. The molecule has 0 atom stereocenters. The molecule has 8 nitrogen and oxygen atoms in total. The summed E-state index contributed by atoms with van der Waals surface area (Å²) in [5, 5.41) is 0. The molecule has 0 radical (unpaired) electrons. The standard InChI is InChI=1S/C24H37N5O3S/c1-4-12-29-22-11-10-20(33(31,32)26(2)3)17-21(22)25-23(29)18-27-13-15-28(16-14-27)24(30)19-8-6-5-7-9-19/h10-11,17,19H,4-9,12-16,18H2,1-3H3. The second-order valence-corrected chi connectivity index (χ2v) is 11.7. The van der Waals surface area contributed by atoms with Gasteiger partial charge in [0.25, 0.3) is 0 Å². The molecule has 1 aromatic carbocycles. The number of piperazine rings is 1. The van der Waals surface area contributed by atoms with Gasteiger partial charge in [-0.05, 0) is 37.5 Å². The molecule has 1 aliphatic heterocycles. The number of benzene rings is 1. The van der Waals surface area contributed by atoms with Gasteiger partial charge >= 0.3 is 0 Å². The number of imidazole rings is 1. The highest BCUT2D eigenvalue weighted by Crippen LogP contribution is 2.27. The van der Waals surface area contributed by atoms with Gasteiger partial charge in [0.1, 0.15) is 5.82 Å². The molecule has 0 N–H and O–H groups in total. The number of sulfonamides is 1. The molecule has 1 amide bonds. The molecule has 2 heterocycles. The summed E-state index contributed by atoms with van der Waals surface area (Å²) in [5.41, 5.74) is 1.68. The van der Waals surface area contributed by atoms with Crippen LogP contribution >= 0.6 is 0 Å². The highest BCUT2D eigenvalue weighted by Gasteiger charge is 2.29. The highest BCUT2D eigenvalue weighted by molar-refractivity contribution is 7.89. The molecule has 2 aromatic rings. The molecule has 1 aromatic heterocycles. The van der Waals surface area contributed by atoms with E-state index in [0.29, 0.717) is 18.0 Å². The van der Waals surface area contributed by atoms with Crippen molar-refractivity contribution in [3.05, 3.63) is 24.0 Å². The van der Waals surface area contributed by atoms with Crippen molar-refractivity contribution in [3.8, 4) is 0 Å². The Morgan fingerprint density at radius 2 is 1.79 bits per heavy atom. The summed E-state index contributed by atoms with van der Waals surface area (Å²) in [6.07, 6.45) is 6.69. The zero-order chi connectivity index (χ0) is 23.6. The van der Waals surface area contributed by atoms with Gasteiger partial charge in [-0.2, -0.15) is 0 Å². The molecule has 33 heavy (non-hydrogen) atoms. The fourth-order valence-corrected chi connectivity index (χ4v) is 5.98. The maximum absolute atomic E-state index is 12.9. The third-order valence-corrected chi connectivity index (χ3v) is 8.84. The summed E-state index contributed by atoms with van der Waals surface area (Å²) in [6, 6.07) is 5.23. The molecule has 0 spiro atoms. The van der Waals surface area contributed by atoms with Gasteiger partial charge in [0.2, 0.25) is 15.9 Å². The van der Waals surface area contributed by atoms with Crippen LogP contribution in [-0.4, -0.2) is 78.3 Å². The Hall–Kier alpha value is -1.97. The molecule has 0 unspecified atom stereocenters. The minimum atomic E-state index is -3.50. The van der Waals surface area contributed by atoms with Crippen molar-refractivity contribution in [1.29, 1.82) is 0 Å². The molecule has 9 heteroatoms. The second kappa shape index (κ2) is 10.1. The van der Waals surface area contributed by atoms with Gasteiger partial charge in [0, 0.05) is 52.7 Å². The Balaban J connectivity index is 1.48. The summed E-state index contributed by atoms with van der Waals surface area (Å²) < 4.78 is 28.6. The van der Waals surface area contributed by atoms with Crippen molar-refractivity contribution in [2.75, 3.05) is 40.3 Å². The first-order chi connectivity index (χ1) is 15.8. The van der Waals surface area contributed by atoms with E-state index < -0.39 is 10.0 Å². The number of rotatable bonds is 7. The van der Waals surface area contributed by atoms with E-state index >= 15 is 0 Å². The van der Waals surface area contributed by atoms with Gasteiger partial charge in [-0.3, -0.25) is 9.69 Å². The SMILES string of the molecule is CCCn1c(CN2CCN(C(=O)C3CCCCC3)CC2)nc2cc(S(=O)(=O)N(C)C)ccc21. The Bertz CT molecular complexity index is 1080. The fraction of sp³-hybridized carbons (Fsp3) is 0.667. The smallest absolute Gasteiger partial charge is 0.242 e. The number of hydrogen-bond donors (Lipinski definition) is 0. The van der Waals surface area contributed by atoms with Crippen molar-refractivity contribution in [1.82, 2.24) is 23.7 Å². The third-order valence-electron chi connectivity index (χ3n) is 7.03. The van der Waals surface area contributed by atoms with Crippen molar-refractivity contribution in [2.24, 2.45) is 5.92 Å². The predicted molar refractivity (Wildman–Crippen MR) is 129 cm³/mol. The number of carbonyl (C=O) groups is 1. The summed E-state index contributed by atoms with van der Waals surface area (Å²) in [6.45, 7) is 6.91. The summed E-state index contributed by atoms with van der Waals surface area (Å²) in [4.78, 5) is 22.4.